The maximum atomic E-state index is 4.78. The number of likely N-dealkylation sites (tertiary alicyclic amines) is 1. The third-order valence-corrected chi connectivity index (χ3v) is 4.61. The van der Waals surface area contributed by atoms with Gasteiger partial charge in [0.05, 0.1) is 11.4 Å². The van der Waals surface area contributed by atoms with Crippen LogP contribution in [0.3, 0.4) is 0 Å². The molecule has 1 aromatic rings. The van der Waals surface area contributed by atoms with Crippen LogP contribution in [-0.4, -0.2) is 29.5 Å². The van der Waals surface area contributed by atoms with Gasteiger partial charge in [0.2, 0.25) is 0 Å². The Labute approximate surface area is 130 Å². The van der Waals surface area contributed by atoms with Crippen LogP contribution < -0.4 is 5.32 Å². The molecule has 0 bridgehead atoms. The maximum Gasteiger partial charge on any atom is 0.0547 e. The summed E-state index contributed by atoms with van der Waals surface area (Å²) in [6.45, 7) is 12.2. The summed E-state index contributed by atoms with van der Waals surface area (Å²) in [5, 5.41) is 3.35. The van der Waals surface area contributed by atoms with Crippen LogP contribution in [0.15, 0.2) is 18.2 Å². The van der Waals surface area contributed by atoms with E-state index in [0.29, 0.717) is 0 Å². The summed E-state index contributed by atoms with van der Waals surface area (Å²) in [6, 6.07) is 6.42. The lowest BCUT2D eigenvalue weighted by molar-refractivity contribution is 0.262. The van der Waals surface area contributed by atoms with Gasteiger partial charge in [-0.15, -0.1) is 0 Å². The molecular weight excluding hydrogens is 258 g/mol. The predicted molar refractivity (Wildman–Crippen MR) is 89.1 cm³/mol. The Balaban J connectivity index is 1.89. The summed E-state index contributed by atoms with van der Waals surface area (Å²) in [7, 11) is 0. The summed E-state index contributed by atoms with van der Waals surface area (Å²) in [4.78, 5) is 7.37. The Kier molecular flexibility index (Phi) is 6.65. The normalized spacial score (nSPS) is 20.7. The summed E-state index contributed by atoms with van der Waals surface area (Å²) < 4.78 is 0. The molecule has 1 aromatic heterocycles. The van der Waals surface area contributed by atoms with Crippen molar-refractivity contribution in [3.05, 3.63) is 29.6 Å². The van der Waals surface area contributed by atoms with Crippen LogP contribution in [0.1, 0.15) is 51.4 Å². The van der Waals surface area contributed by atoms with Gasteiger partial charge >= 0.3 is 0 Å². The SMILES string of the molecule is CCNCc1cccc(CN2CCCC(C(C)C)CC2)n1. The van der Waals surface area contributed by atoms with E-state index in [1.807, 2.05) is 0 Å². The summed E-state index contributed by atoms with van der Waals surface area (Å²) in [5.41, 5.74) is 2.37. The van der Waals surface area contributed by atoms with Gasteiger partial charge in [0.25, 0.3) is 0 Å². The first-order valence-electron chi connectivity index (χ1n) is 8.57. The molecule has 0 spiro atoms. The summed E-state index contributed by atoms with van der Waals surface area (Å²) in [6.07, 6.45) is 4.07. The lowest BCUT2D eigenvalue weighted by Crippen LogP contribution is -2.25. The lowest BCUT2D eigenvalue weighted by atomic mass is 9.89. The van der Waals surface area contributed by atoms with Gasteiger partial charge in [-0.25, -0.2) is 0 Å². The third kappa shape index (κ3) is 5.40. The van der Waals surface area contributed by atoms with E-state index >= 15 is 0 Å². The van der Waals surface area contributed by atoms with Crippen molar-refractivity contribution in [2.24, 2.45) is 11.8 Å². The van der Waals surface area contributed by atoms with Crippen molar-refractivity contribution < 1.29 is 0 Å². The number of hydrogen-bond donors (Lipinski definition) is 1. The molecule has 0 radical (unpaired) electrons. The summed E-state index contributed by atoms with van der Waals surface area (Å²) >= 11 is 0. The van der Waals surface area contributed by atoms with Gasteiger partial charge in [0.15, 0.2) is 0 Å². The second kappa shape index (κ2) is 8.50. The van der Waals surface area contributed by atoms with Crippen LogP contribution >= 0.6 is 0 Å². The summed E-state index contributed by atoms with van der Waals surface area (Å²) in [5.74, 6) is 1.73. The Morgan fingerprint density at radius 1 is 1.24 bits per heavy atom. The van der Waals surface area contributed by atoms with Crippen LogP contribution in [0.5, 0.6) is 0 Å². The maximum absolute atomic E-state index is 4.78. The quantitative estimate of drug-likeness (QED) is 0.869. The van der Waals surface area contributed by atoms with Crippen molar-refractivity contribution in [3.63, 3.8) is 0 Å². The Morgan fingerprint density at radius 2 is 2.05 bits per heavy atom. The zero-order valence-corrected chi connectivity index (χ0v) is 13.9. The number of pyridine rings is 1. The highest BCUT2D eigenvalue weighted by Crippen LogP contribution is 2.25. The molecule has 0 aliphatic carbocycles. The van der Waals surface area contributed by atoms with E-state index in [2.05, 4.69) is 49.2 Å². The highest BCUT2D eigenvalue weighted by Gasteiger charge is 2.19. The standard InChI is InChI=1S/C18H31N3/c1-4-19-13-17-8-5-9-18(20-17)14-21-11-6-7-16(10-12-21)15(2)3/h5,8-9,15-16,19H,4,6-7,10-14H2,1-3H3. The first kappa shape index (κ1) is 16.4. The topological polar surface area (TPSA) is 28.2 Å². The predicted octanol–water partition coefficient (Wildman–Crippen LogP) is 3.45. The molecule has 1 fully saturated rings. The fourth-order valence-electron chi connectivity index (χ4n) is 3.20. The van der Waals surface area contributed by atoms with E-state index < -0.39 is 0 Å². The zero-order valence-electron chi connectivity index (χ0n) is 13.9. The average molecular weight is 289 g/mol. The minimum atomic E-state index is 0.825. The van der Waals surface area contributed by atoms with Crippen molar-refractivity contribution >= 4 is 0 Å². The molecule has 118 valence electrons. The monoisotopic (exact) mass is 289 g/mol. The van der Waals surface area contributed by atoms with E-state index in [9.17, 15) is 0 Å². The van der Waals surface area contributed by atoms with Crippen LogP contribution in [-0.2, 0) is 13.1 Å². The second-order valence-electron chi connectivity index (χ2n) is 6.61. The van der Waals surface area contributed by atoms with E-state index in [-0.39, 0.29) is 0 Å². The molecule has 0 amide bonds. The first-order chi connectivity index (χ1) is 10.2. The largest absolute Gasteiger partial charge is 0.311 e. The molecule has 1 saturated heterocycles. The molecule has 1 aliphatic heterocycles. The van der Waals surface area contributed by atoms with Crippen molar-refractivity contribution in [2.75, 3.05) is 19.6 Å². The van der Waals surface area contributed by atoms with Crippen LogP contribution in [0, 0.1) is 11.8 Å². The number of aromatic nitrogens is 1. The third-order valence-electron chi connectivity index (χ3n) is 4.61. The molecule has 1 N–H and O–H groups in total. The molecule has 21 heavy (non-hydrogen) atoms. The molecule has 3 heteroatoms. The Bertz CT molecular complexity index is 417. The zero-order chi connectivity index (χ0) is 15.1. The van der Waals surface area contributed by atoms with Gasteiger partial charge in [0, 0.05) is 13.1 Å². The number of nitrogens with one attached hydrogen (secondary N) is 1. The molecule has 2 heterocycles. The van der Waals surface area contributed by atoms with Gasteiger partial charge < -0.3 is 5.32 Å². The van der Waals surface area contributed by atoms with E-state index in [4.69, 9.17) is 4.98 Å². The molecule has 0 aromatic carbocycles. The van der Waals surface area contributed by atoms with Gasteiger partial charge in [-0.1, -0.05) is 26.8 Å². The minimum Gasteiger partial charge on any atom is -0.311 e. The van der Waals surface area contributed by atoms with Gasteiger partial charge in [-0.2, -0.15) is 0 Å². The molecule has 1 atom stereocenters. The Morgan fingerprint density at radius 3 is 2.81 bits per heavy atom. The Hall–Kier alpha value is -0.930. The average Bonchev–Trinajstić information content (AvgIpc) is 2.71. The van der Waals surface area contributed by atoms with Gasteiger partial charge in [-0.3, -0.25) is 9.88 Å². The van der Waals surface area contributed by atoms with Crippen molar-refractivity contribution in [1.29, 1.82) is 0 Å². The lowest BCUT2D eigenvalue weighted by Gasteiger charge is -2.21. The second-order valence-corrected chi connectivity index (χ2v) is 6.61. The molecular formula is C18H31N3. The van der Waals surface area contributed by atoms with Crippen molar-refractivity contribution in [1.82, 2.24) is 15.2 Å². The van der Waals surface area contributed by atoms with Crippen LogP contribution in [0.2, 0.25) is 0 Å². The molecule has 1 aliphatic rings. The highest BCUT2D eigenvalue weighted by atomic mass is 15.1. The van der Waals surface area contributed by atoms with Crippen LogP contribution in [0.25, 0.3) is 0 Å². The van der Waals surface area contributed by atoms with Crippen molar-refractivity contribution in [3.8, 4) is 0 Å². The first-order valence-corrected chi connectivity index (χ1v) is 8.57. The van der Waals surface area contributed by atoms with Gasteiger partial charge in [0.1, 0.15) is 0 Å². The van der Waals surface area contributed by atoms with Crippen molar-refractivity contribution in [2.45, 2.75) is 53.1 Å². The molecule has 1 unspecified atom stereocenters. The number of hydrogen-bond acceptors (Lipinski definition) is 3. The fraction of sp³-hybridized carbons (Fsp3) is 0.722. The number of nitrogens with zero attached hydrogens (tertiary/aromatic N) is 2. The minimum absolute atomic E-state index is 0.825. The van der Waals surface area contributed by atoms with E-state index in [1.165, 1.54) is 38.0 Å². The number of rotatable bonds is 6. The highest BCUT2D eigenvalue weighted by molar-refractivity contribution is 5.11. The van der Waals surface area contributed by atoms with E-state index in [1.54, 1.807) is 0 Å². The van der Waals surface area contributed by atoms with Gasteiger partial charge in [-0.05, 0) is 62.9 Å². The smallest absolute Gasteiger partial charge is 0.0547 e. The molecule has 2 rings (SSSR count). The molecule has 3 nitrogen and oxygen atoms in total. The fourth-order valence-corrected chi connectivity index (χ4v) is 3.20. The van der Waals surface area contributed by atoms with E-state index in [0.717, 1.165) is 37.2 Å². The molecule has 0 saturated carbocycles. The van der Waals surface area contributed by atoms with Crippen LogP contribution in [0.4, 0.5) is 0 Å².